The number of sulfonamides is 1. The number of ether oxygens (including phenoxy) is 1. The molecule has 0 atom stereocenters. The average Bonchev–Trinajstić information content (AvgIpc) is 2.75. The highest BCUT2D eigenvalue weighted by Gasteiger charge is 2.31. The van der Waals surface area contributed by atoms with Crippen molar-refractivity contribution in [2.45, 2.75) is 44.6 Å². The molecule has 0 saturated carbocycles. The van der Waals surface area contributed by atoms with E-state index >= 15 is 0 Å². The Morgan fingerprint density at radius 3 is 2.23 bits per heavy atom. The standard InChI is InChI=1S/C22H36N4O4S/c1-4-30-20-5-7-21(8-6-20)31(28,29)26-15-13-25(14-16-26)22(27)23-19-9-11-24(12-10-19)17-18(2)3/h5-8,18-19H,4,9-17H2,1-3H3,(H,23,27). The van der Waals surface area contributed by atoms with Gasteiger partial charge < -0.3 is 19.9 Å². The fourth-order valence-corrected chi connectivity index (χ4v) is 5.62. The predicted octanol–water partition coefficient (Wildman–Crippen LogP) is 2.22. The van der Waals surface area contributed by atoms with Gasteiger partial charge in [-0.15, -0.1) is 0 Å². The molecule has 2 fully saturated rings. The van der Waals surface area contributed by atoms with Crippen LogP contribution in [0.15, 0.2) is 29.2 Å². The lowest BCUT2D eigenvalue weighted by molar-refractivity contribution is 0.152. The molecular formula is C22H36N4O4S. The van der Waals surface area contributed by atoms with Gasteiger partial charge in [-0.25, -0.2) is 13.2 Å². The van der Waals surface area contributed by atoms with Gasteiger partial charge in [0.1, 0.15) is 5.75 Å². The van der Waals surface area contributed by atoms with Crippen LogP contribution >= 0.6 is 0 Å². The Balaban J connectivity index is 1.47. The molecule has 1 aromatic carbocycles. The van der Waals surface area contributed by atoms with Gasteiger partial charge in [0.15, 0.2) is 0 Å². The number of piperidine rings is 1. The number of nitrogens with one attached hydrogen (secondary N) is 1. The molecule has 2 saturated heterocycles. The minimum absolute atomic E-state index is 0.0829. The SMILES string of the molecule is CCOc1ccc(S(=O)(=O)N2CCN(C(=O)NC3CCN(CC(C)C)CC3)CC2)cc1. The number of benzene rings is 1. The second-order valence-corrected chi connectivity index (χ2v) is 10.7. The second-order valence-electron chi connectivity index (χ2n) is 8.71. The van der Waals surface area contributed by atoms with Crippen LogP contribution in [-0.4, -0.2) is 87.0 Å². The highest BCUT2D eigenvalue weighted by Crippen LogP contribution is 2.21. The lowest BCUT2D eigenvalue weighted by Crippen LogP contribution is -2.55. The Hall–Kier alpha value is -1.84. The lowest BCUT2D eigenvalue weighted by atomic mass is 10.0. The molecule has 2 heterocycles. The molecule has 0 aliphatic carbocycles. The first-order valence-electron chi connectivity index (χ1n) is 11.3. The van der Waals surface area contributed by atoms with Crippen molar-refractivity contribution in [1.82, 2.24) is 19.4 Å². The molecule has 0 spiro atoms. The number of carbonyl (C=O) groups excluding carboxylic acids is 1. The van der Waals surface area contributed by atoms with E-state index in [1.54, 1.807) is 29.2 Å². The minimum atomic E-state index is -3.57. The zero-order valence-corrected chi connectivity index (χ0v) is 19.7. The van der Waals surface area contributed by atoms with Gasteiger partial charge in [0.25, 0.3) is 0 Å². The van der Waals surface area contributed by atoms with Crippen LogP contribution in [0, 0.1) is 5.92 Å². The summed E-state index contributed by atoms with van der Waals surface area (Å²) in [4.78, 5) is 17.1. The summed E-state index contributed by atoms with van der Waals surface area (Å²) in [6.45, 7) is 11.4. The number of rotatable bonds is 7. The van der Waals surface area contributed by atoms with E-state index in [9.17, 15) is 13.2 Å². The average molecular weight is 453 g/mol. The third-order valence-electron chi connectivity index (χ3n) is 5.84. The Morgan fingerprint density at radius 2 is 1.68 bits per heavy atom. The molecule has 0 bridgehead atoms. The van der Waals surface area contributed by atoms with E-state index in [-0.39, 0.29) is 17.0 Å². The first-order chi connectivity index (χ1) is 14.8. The van der Waals surface area contributed by atoms with Gasteiger partial charge in [-0.05, 0) is 49.9 Å². The molecule has 2 amide bonds. The van der Waals surface area contributed by atoms with Crippen LogP contribution in [0.3, 0.4) is 0 Å². The number of hydrogen-bond donors (Lipinski definition) is 1. The summed E-state index contributed by atoms with van der Waals surface area (Å²) >= 11 is 0. The van der Waals surface area contributed by atoms with Crippen LogP contribution in [0.25, 0.3) is 0 Å². The highest BCUT2D eigenvalue weighted by molar-refractivity contribution is 7.89. The maximum Gasteiger partial charge on any atom is 0.317 e. The van der Waals surface area contributed by atoms with Crippen LogP contribution in [-0.2, 0) is 10.0 Å². The van der Waals surface area contributed by atoms with Gasteiger partial charge in [0.05, 0.1) is 11.5 Å². The minimum Gasteiger partial charge on any atom is -0.494 e. The topological polar surface area (TPSA) is 82.2 Å². The van der Waals surface area contributed by atoms with Crippen molar-refractivity contribution in [2.75, 3.05) is 52.4 Å². The summed E-state index contributed by atoms with van der Waals surface area (Å²) in [6.07, 6.45) is 1.93. The molecule has 174 valence electrons. The molecular weight excluding hydrogens is 416 g/mol. The van der Waals surface area contributed by atoms with Crippen molar-refractivity contribution in [3.05, 3.63) is 24.3 Å². The van der Waals surface area contributed by atoms with Gasteiger partial charge in [-0.3, -0.25) is 0 Å². The smallest absolute Gasteiger partial charge is 0.317 e. The molecule has 0 aromatic heterocycles. The summed E-state index contributed by atoms with van der Waals surface area (Å²) in [6, 6.07) is 6.61. The zero-order valence-electron chi connectivity index (χ0n) is 18.9. The van der Waals surface area contributed by atoms with Crippen LogP contribution in [0.4, 0.5) is 4.79 Å². The van der Waals surface area contributed by atoms with Gasteiger partial charge >= 0.3 is 6.03 Å². The first-order valence-corrected chi connectivity index (χ1v) is 12.7. The van der Waals surface area contributed by atoms with Crippen molar-refractivity contribution >= 4 is 16.1 Å². The van der Waals surface area contributed by atoms with E-state index in [0.29, 0.717) is 44.5 Å². The number of likely N-dealkylation sites (tertiary alicyclic amines) is 1. The van der Waals surface area contributed by atoms with Crippen LogP contribution in [0.2, 0.25) is 0 Å². The lowest BCUT2D eigenvalue weighted by Gasteiger charge is -2.37. The molecule has 1 aromatic rings. The summed E-state index contributed by atoms with van der Waals surface area (Å²) < 4.78 is 32.7. The molecule has 0 radical (unpaired) electrons. The van der Waals surface area contributed by atoms with Crippen LogP contribution in [0.5, 0.6) is 5.75 Å². The van der Waals surface area contributed by atoms with E-state index < -0.39 is 10.0 Å². The Morgan fingerprint density at radius 1 is 1.06 bits per heavy atom. The number of nitrogens with zero attached hydrogens (tertiary/aromatic N) is 3. The van der Waals surface area contributed by atoms with E-state index in [4.69, 9.17) is 4.74 Å². The summed E-state index contributed by atoms with van der Waals surface area (Å²) in [5.41, 5.74) is 0. The fourth-order valence-electron chi connectivity index (χ4n) is 4.20. The van der Waals surface area contributed by atoms with Gasteiger partial charge in [0, 0.05) is 51.9 Å². The number of carbonyl (C=O) groups is 1. The fraction of sp³-hybridized carbons (Fsp3) is 0.682. The Kier molecular flexibility index (Phi) is 8.18. The molecule has 1 N–H and O–H groups in total. The number of amides is 2. The largest absolute Gasteiger partial charge is 0.494 e. The van der Waals surface area contributed by atoms with Crippen LogP contribution in [0.1, 0.15) is 33.6 Å². The third kappa shape index (κ3) is 6.33. The molecule has 2 aliphatic heterocycles. The molecule has 0 unspecified atom stereocenters. The third-order valence-corrected chi connectivity index (χ3v) is 7.75. The molecule has 8 nitrogen and oxygen atoms in total. The summed E-state index contributed by atoms with van der Waals surface area (Å²) in [7, 11) is -3.57. The molecule has 31 heavy (non-hydrogen) atoms. The second kappa shape index (κ2) is 10.7. The number of hydrogen-bond acceptors (Lipinski definition) is 5. The monoisotopic (exact) mass is 452 g/mol. The first kappa shape index (κ1) is 23.8. The summed E-state index contributed by atoms with van der Waals surface area (Å²) in [5.74, 6) is 1.30. The van der Waals surface area contributed by atoms with Crippen molar-refractivity contribution in [2.24, 2.45) is 5.92 Å². The molecule has 2 aliphatic rings. The molecule has 3 rings (SSSR count). The van der Waals surface area contributed by atoms with Gasteiger partial charge in [-0.1, -0.05) is 13.8 Å². The maximum atomic E-state index is 12.9. The molecule has 9 heteroatoms. The van der Waals surface area contributed by atoms with E-state index in [1.165, 1.54) is 4.31 Å². The van der Waals surface area contributed by atoms with Crippen molar-refractivity contribution in [3.63, 3.8) is 0 Å². The number of piperazine rings is 1. The van der Waals surface area contributed by atoms with Crippen LogP contribution < -0.4 is 10.1 Å². The van der Waals surface area contributed by atoms with Gasteiger partial charge in [0.2, 0.25) is 10.0 Å². The maximum absolute atomic E-state index is 12.9. The van der Waals surface area contributed by atoms with E-state index in [2.05, 4.69) is 24.1 Å². The van der Waals surface area contributed by atoms with E-state index in [0.717, 1.165) is 32.5 Å². The Bertz CT molecular complexity index is 812. The quantitative estimate of drug-likeness (QED) is 0.686. The zero-order chi connectivity index (χ0) is 22.4. The summed E-state index contributed by atoms with van der Waals surface area (Å²) in [5, 5.41) is 3.14. The Labute approximate surface area is 186 Å². The highest BCUT2D eigenvalue weighted by atomic mass is 32.2. The van der Waals surface area contributed by atoms with Crippen molar-refractivity contribution < 1.29 is 17.9 Å². The predicted molar refractivity (Wildman–Crippen MR) is 121 cm³/mol. The van der Waals surface area contributed by atoms with Crippen molar-refractivity contribution in [1.29, 1.82) is 0 Å². The van der Waals surface area contributed by atoms with E-state index in [1.807, 2.05) is 6.92 Å². The normalized spacial score (nSPS) is 19.5. The van der Waals surface area contributed by atoms with Crippen molar-refractivity contribution in [3.8, 4) is 5.75 Å². The number of urea groups is 1. The van der Waals surface area contributed by atoms with Gasteiger partial charge in [-0.2, -0.15) is 4.31 Å².